The molecule has 9 rings (SSSR count). The summed E-state index contributed by atoms with van der Waals surface area (Å²) < 4.78 is 36.4. The summed E-state index contributed by atoms with van der Waals surface area (Å²) in [5, 5.41) is 2.98. The Morgan fingerprint density at radius 2 is 1.27 bits per heavy atom. The topological polar surface area (TPSA) is 32.2 Å². The standard InChI is InChI=1S/C44H30F2N2O/c1-26-9-6-7-13-33(26)41-27(2)10-8-14-38(41)48(32-19-15-29(16-20-32)28-11-4-3-5-12-28)39-25-35-34-23-30(45)17-21-37(34)47-43(35)44-42(39)36-24-31(46)18-22-40(36)49-44/h3-25,47H,1-2H3. The molecule has 0 bridgehead atoms. The van der Waals surface area contributed by atoms with E-state index in [0.29, 0.717) is 16.6 Å². The molecule has 9 aromatic rings. The van der Waals surface area contributed by atoms with Crippen molar-refractivity contribution in [2.45, 2.75) is 13.8 Å². The van der Waals surface area contributed by atoms with Crippen LogP contribution in [0, 0.1) is 25.5 Å². The Bertz CT molecular complexity index is 2710. The van der Waals surface area contributed by atoms with Gasteiger partial charge in [-0.25, -0.2) is 8.78 Å². The monoisotopic (exact) mass is 640 g/mol. The zero-order valence-electron chi connectivity index (χ0n) is 26.9. The third-order valence-electron chi connectivity index (χ3n) is 9.59. The molecular formula is C44H30F2N2O. The molecule has 49 heavy (non-hydrogen) atoms. The van der Waals surface area contributed by atoms with E-state index in [0.717, 1.165) is 77.6 Å². The molecule has 5 heteroatoms. The zero-order chi connectivity index (χ0) is 33.2. The van der Waals surface area contributed by atoms with Gasteiger partial charge in [0, 0.05) is 32.9 Å². The third-order valence-corrected chi connectivity index (χ3v) is 9.59. The summed E-state index contributed by atoms with van der Waals surface area (Å²) in [5.74, 6) is -0.675. The van der Waals surface area contributed by atoms with Crippen LogP contribution in [0.15, 0.2) is 144 Å². The first-order valence-electron chi connectivity index (χ1n) is 16.3. The minimum atomic E-state index is -0.352. The first kappa shape index (κ1) is 29.0. The fourth-order valence-electron chi connectivity index (χ4n) is 7.28. The molecule has 0 atom stereocenters. The summed E-state index contributed by atoms with van der Waals surface area (Å²) in [6.07, 6.45) is 0. The largest absolute Gasteiger partial charge is 0.454 e. The molecule has 0 amide bonds. The maximum absolute atomic E-state index is 15.0. The second kappa shape index (κ2) is 11.2. The number of aryl methyl sites for hydroxylation is 2. The summed E-state index contributed by atoms with van der Waals surface area (Å²) in [5.41, 5.74) is 12.0. The smallest absolute Gasteiger partial charge is 0.161 e. The van der Waals surface area contributed by atoms with E-state index < -0.39 is 0 Å². The van der Waals surface area contributed by atoms with Crippen LogP contribution in [0.3, 0.4) is 0 Å². The van der Waals surface area contributed by atoms with Crippen molar-refractivity contribution in [3.8, 4) is 22.3 Å². The average molecular weight is 641 g/mol. The second-order valence-corrected chi connectivity index (χ2v) is 12.6. The van der Waals surface area contributed by atoms with Crippen molar-refractivity contribution in [2.75, 3.05) is 4.90 Å². The van der Waals surface area contributed by atoms with E-state index in [1.54, 1.807) is 18.2 Å². The third kappa shape index (κ3) is 4.69. The van der Waals surface area contributed by atoms with Gasteiger partial charge < -0.3 is 14.3 Å². The molecule has 0 aliphatic rings. The van der Waals surface area contributed by atoms with E-state index in [4.69, 9.17) is 4.42 Å². The van der Waals surface area contributed by atoms with E-state index >= 15 is 4.39 Å². The Morgan fingerprint density at radius 3 is 2.06 bits per heavy atom. The lowest BCUT2D eigenvalue weighted by molar-refractivity contribution is 0.626. The van der Waals surface area contributed by atoms with Gasteiger partial charge in [-0.05, 0) is 102 Å². The number of nitrogens with one attached hydrogen (secondary N) is 1. The second-order valence-electron chi connectivity index (χ2n) is 12.6. The molecular weight excluding hydrogens is 610 g/mol. The number of fused-ring (bicyclic) bond motifs is 7. The lowest BCUT2D eigenvalue weighted by Crippen LogP contribution is -2.12. The van der Waals surface area contributed by atoms with Gasteiger partial charge in [0.25, 0.3) is 0 Å². The molecule has 0 saturated heterocycles. The van der Waals surface area contributed by atoms with Crippen LogP contribution in [-0.2, 0) is 0 Å². The molecule has 0 fully saturated rings. The van der Waals surface area contributed by atoms with E-state index in [-0.39, 0.29) is 11.6 Å². The van der Waals surface area contributed by atoms with Gasteiger partial charge in [-0.2, -0.15) is 0 Å². The number of hydrogen-bond acceptors (Lipinski definition) is 2. The predicted octanol–water partition coefficient (Wildman–Crippen LogP) is 12.9. The van der Waals surface area contributed by atoms with Crippen LogP contribution in [0.1, 0.15) is 11.1 Å². The molecule has 3 nitrogen and oxygen atoms in total. The minimum absolute atomic E-state index is 0.324. The summed E-state index contributed by atoms with van der Waals surface area (Å²) >= 11 is 0. The lowest BCUT2D eigenvalue weighted by atomic mass is 9.93. The maximum Gasteiger partial charge on any atom is 0.161 e. The van der Waals surface area contributed by atoms with E-state index in [9.17, 15) is 4.39 Å². The number of H-pyrrole nitrogens is 1. The van der Waals surface area contributed by atoms with Crippen molar-refractivity contribution >= 4 is 60.8 Å². The summed E-state index contributed by atoms with van der Waals surface area (Å²) in [4.78, 5) is 5.72. The molecule has 0 spiro atoms. The quantitative estimate of drug-likeness (QED) is 0.203. The fraction of sp³-hybridized carbons (Fsp3) is 0.0455. The number of aromatic nitrogens is 1. The summed E-state index contributed by atoms with van der Waals surface area (Å²) in [7, 11) is 0. The lowest BCUT2D eigenvalue weighted by Gasteiger charge is -2.30. The Labute approximate surface area is 281 Å². The number of rotatable bonds is 5. The molecule has 236 valence electrons. The van der Waals surface area contributed by atoms with Gasteiger partial charge in [-0.3, -0.25) is 0 Å². The van der Waals surface area contributed by atoms with Gasteiger partial charge in [0.15, 0.2) is 5.58 Å². The number of nitrogens with zero attached hydrogens (tertiary/aromatic N) is 1. The molecule has 0 unspecified atom stereocenters. The van der Waals surface area contributed by atoms with Gasteiger partial charge in [-0.1, -0.05) is 78.9 Å². The van der Waals surface area contributed by atoms with Crippen LogP contribution in [0.25, 0.3) is 66.0 Å². The van der Waals surface area contributed by atoms with Crippen molar-refractivity contribution in [3.63, 3.8) is 0 Å². The van der Waals surface area contributed by atoms with Crippen molar-refractivity contribution in [3.05, 3.63) is 162 Å². The van der Waals surface area contributed by atoms with Crippen LogP contribution in [-0.4, -0.2) is 4.98 Å². The minimum Gasteiger partial charge on any atom is -0.454 e. The first-order chi connectivity index (χ1) is 23.9. The van der Waals surface area contributed by atoms with Crippen LogP contribution in [0.4, 0.5) is 25.8 Å². The fourth-order valence-corrected chi connectivity index (χ4v) is 7.28. The summed E-state index contributed by atoms with van der Waals surface area (Å²) in [6.45, 7) is 4.26. The van der Waals surface area contributed by atoms with Crippen molar-refractivity contribution in [1.29, 1.82) is 0 Å². The van der Waals surface area contributed by atoms with E-state index in [1.807, 2.05) is 18.2 Å². The molecule has 1 N–H and O–H groups in total. The SMILES string of the molecule is Cc1ccccc1-c1c(C)cccc1N(c1ccc(-c2ccccc2)cc1)c1cc2c3cc(F)ccc3[nH]c2c2oc3ccc(F)cc3c12. The normalized spacial score (nSPS) is 11.7. The first-order valence-corrected chi connectivity index (χ1v) is 16.3. The van der Waals surface area contributed by atoms with E-state index in [2.05, 4.69) is 109 Å². The molecule has 2 aromatic heterocycles. The van der Waals surface area contributed by atoms with Crippen LogP contribution in [0.5, 0.6) is 0 Å². The van der Waals surface area contributed by atoms with Crippen LogP contribution < -0.4 is 4.90 Å². The van der Waals surface area contributed by atoms with Crippen LogP contribution in [0.2, 0.25) is 0 Å². The molecule has 0 aliphatic carbocycles. The highest BCUT2D eigenvalue weighted by Crippen LogP contribution is 2.50. The van der Waals surface area contributed by atoms with Gasteiger partial charge in [0.1, 0.15) is 17.2 Å². The average Bonchev–Trinajstić information content (AvgIpc) is 3.68. The molecule has 2 heterocycles. The van der Waals surface area contributed by atoms with Gasteiger partial charge in [0.05, 0.1) is 22.3 Å². The number of benzene rings is 7. The molecule has 0 radical (unpaired) electrons. The molecule has 0 aliphatic heterocycles. The van der Waals surface area contributed by atoms with Crippen molar-refractivity contribution in [2.24, 2.45) is 0 Å². The van der Waals surface area contributed by atoms with Crippen molar-refractivity contribution in [1.82, 2.24) is 4.98 Å². The number of anilines is 3. The molecule has 0 saturated carbocycles. The van der Waals surface area contributed by atoms with Crippen LogP contribution >= 0.6 is 0 Å². The number of hydrogen-bond donors (Lipinski definition) is 1. The highest BCUT2D eigenvalue weighted by Gasteiger charge is 2.26. The Morgan fingerprint density at radius 1 is 0.571 bits per heavy atom. The zero-order valence-corrected chi connectivity index (χ0v) is 26.9. The molecule has 7 aromatic carbocycles. The highest BCUT2D eigenvalue weighted by atomic mass is 19.1. The van der Waals surface area contributed by atoms with Gasteiger partial charge in [0.2, 0.25) is 0 Å². The van der Waals surface area contributed by atoms with E-state index in [1.165, 1.54) is 18.2 Å². The maximum atomic E-state index is 15.0. The van der Waals surface area contributed by atoms with Gasteiger partial charge >= 0.3 is 0 Å². The van der Waals surface area contributed by atoms with Gasteiger partial charge in [-0.15, -0.1) is 0 Å². The Kier molecular flexibility index (Phi) is 6.63. The highest BCUT2D eigenvalue weighted by molar-refractivity contribution is 6.25. The summed E-state index contributed by atoms with van der Waals surface area (Å²) in [6, 6.07) is 45.0. The number of halogens is 2. The number of furan rings is 1. The van der Waals surface area contributed by atoms with Crippen molar-refractivity contribution < 1.29 is 13.2 Å². The Balaban J connectivity index is 1.42. The Hall–Kier alpha value is -6.20. The number of aromatic amines is 1. The predicted molar refractivity (Wildman–Crippen MR) is 198 cm³/mol.